The molecule has 5 heteroatoms. The highest BCUT2D eigenvalue weighted by Crippen LogP contribution is 2.24. The molecule has 1 rings (SSSR count). The summed E-state index contributed by atoms with van der Waals surface area (Å²) in [7, 11) is -3.34. The lowest BCUT2D eigenvalue weighted by Crippen LogP contribution is -2.33. The van der Waals surface area contributed by atoms with E-state index in [1.54, 1.807) is 0 Å². The number of rotatable bonds is 3. The first kappa shape index (κ1) is 11.9. The first-order chi connectivity index (χ1) is 6.37. The minimum atomic E-state index is -3.34. The fourth-order valence-corrected chi connectivity index (χ4v) is 2.26. The predicted molar refractivity (Wildman–Crippen MR) is 53.5 cm³/mol. The van der Waals surface area contributed by atoms with Crippen molar-refractivity contribution < 1.29 is 17.3 Å². The van der Waals surface area contributed by atoms with Crippen LogP contribution in [0.4, 0.5) is 0 Å². The summed E-state index contributed by atoms with van der Waals surface area (Å²) in [5.41, 5.74) is 0. The second kappa shape index (κ2) is 4.59. The van der Waals surface area contributed by atoms with Crippen LogP contribution in [0.1, 0.15) is 26.7 Å². The molecular weight excluding hydrogens is 204 g/mol. The summed E-state index contributed by atoms with van der Waals surface area (Å²) in [5.74, 6) is 0.576. The molecule has 0 aromatic rings. The molecule has 1 heterocycles. The maximum absolute atomic E-state index is 10.8. The van der Waals surface area contributed by atoms with Crippen molar-refractivity contribution >= 4 is 10.1 Å². The molecule has 14 heavy (non-hydrogen) atoms. The highest BCUT2D eigenvalue weighted by Gasteiger charge is 2.25. The van der Waals surface area contributed by atoms with Crippen LogP contribution in [0.25, 0.3) is 0 Å². The molecule has 84 valence electrons. The second-order valence-electron chi connectivity index (χ2n) is 4.13. The van der Waals surface area contributed by atoms with Gasteiger partial charge in [0.1, 0.15) is 0 Å². The molecule has 0 aromatic carbocycles. The predicted octanol–water partition coefficient (Wildman–Crippen LogP) is 1.17. The zero-order valence-corrected chi connectivity index (χ0v) is 9.71. The molecule has 0 bridgehead atoms. The van der Waals surface area contributed by atoms with E-state index < -0.39 is 10.1 Å². The SMILES string of the molecule is CC1CC(C)OC(COS(C)(=O)=O)C1. The topological polar surface area (TPSA) is 52.6 Å². The van der Waals surface area contributed by atoms with Crippen molar-refractivity contribution in [3.63, 3.8) is 0 Å². The van der Waals surface area contributed by atoms with Gasteiger partial charge in [0.05, 0.1) is 25.1 Å². The largest absolute Gasteiger partial charge is 0.373 e. The fourth-order valence-electron chi connectivity index (χ4n) is 1.86. The van der Waals surface area contributed by atoms with Gasteiger partial charge in [-0.3, -0.25) is 4.18 Å². The molecule has 1 fully saturated rings. The fraction of sp³-hybridized carbons (Fsp3) is 1.00. The van der Waals surface area contributed by atoms with Gasteiger partial charge >= 0.3 is 0 Å². The molecular formula is C9H18O4S. The Morgan fingerprint density at radius 1 is 1.36 bits per heavy atom. The van der Waals surface area contributed by atoms with Crippen molar-refractivity contribution in [1.29, 1.82) is 0 Å². The van der Waals surface area contributed by atoms with Gasteiger partial charge < -0.3 is 4.74 Å². The van der Waals surface area contributed by atoms with Gasteiger partial charge in [-0.2, -0.15) is 8.42 Å². The summed E-state index contributed by atoms with van der Waals surface area (Å²) in [4.78, 5) is 0. The van der Waals surface area contributed by atoms with E-state index in [9.17, 15) is 8.42 Å². The van der Waals surface area contributed by atoms with Crippen LogP contribution < -0.4 is 0 Å². The highest BCUT2D eigenvalue weighted by atomic mass is 32.2. The maximum atomic E-state index is 10.8. The molecule has 1 aliphatic rings. The first-order valence-electron chi connectivity index (χ1n) is 4.86. The molecule has 0 aliphatic carbocycles. The van der Waals surface area contributed by atoms with Crippen molar-refractivity contribution in [3.8, 4) is 0 Å². The van der Waals surface area contributed by atoms with Gasteiger partial charge in [0.15, 0.2) is 0 Å². The van der Waals surface area contributed by atoms with Crippen molar-refractivity contribution in [1.82, 2.24) is 0 Å². The van der Waals surface area contributed by atoms with Gasteiger partial charge in [-0.1, -0.05) is 6.92 Å². The summed E-state index contributed by atoms with van der Waals surface area (Å²) < 4.78 is 31.8. The third-order valence-corrected chi connectivity index (χ3v) is 2.86. The quantitative estimate of drug-likeness (QED) is 0.673. The van der Waals surface area contributed by atoms with Gasteiger partial charge in [-0.05, 0) is 25.7 Å². The lowest BCUT2D eigenvalue weighted by atomic mass is 9.94. The van der Waals surface area contributed by atoms with E-state index in [0.717, 1.165) is 19.1 Å². The summed E-state index contributed by atoms with van der Waals surface area (Å²) in [5, 5.41) is 0. The molecule has 3 unspecified atom stereocenters. The first-order valence-corrected chi connectivity index (χ1v) is 6.68. The molecule has 4 nitrogen and oxygen atoms in total. The minimum absolute atomic E-state index is 0.0801. The molecule has 3 atom stereocenters. The summed E-state index contributed by atoms with van der Waals surface area (Å²) >= 11 is 0. The average molecular weight is 222 g/mol. The summed E-state index contributed by atoms with van der Waals surface area (Å²) in [6.07, 6.45) is 3.09. The van der Waals surface area contributed by atoms with Crippen molar-refractivity contribution in [2.45, 2.75) is 38.9 Å². The van der Waals surface area contributed by atoms with Crippen LogP contribution in [0.3, 0.4) is 0 Å². The minimum Gasteiger partial charge on any atom is -0.373 e. The molecule has 0 aromatic heterocycles. The van der Waals surface area contributed by atoms with Crippen molar-refractivity contribution in [2.24, 2.45) is 5.92 Å². The third kappa shape index (κ3) is 4.39. The van der Waals surface area contributed by atoms with Crippen LogP contribution in [0.5, 0.6) is 0 Å². The van der Waals surface area contributed by atoms with Crippen molar-refractivity contribution in [3.05, 3.63) is 0 Å². The Balaban J connectivity index is 2.38. The van der Waals surface area contributed by atoms with Crippen LogP contribution in [-0.4, -0.2) is 33.5 Å². The Morgan fingerprint density at radius 2 is 2.00 bits per heavy atom. The van der Waals surface area contributed by atoms with E-state index in [2.05, 4.69) is 6.92 Å². The van der Waals surface area contributed by atoms with E-state index in [4.69, 9.17) is 8.92 Å². The van der Waals surface area contributed by atoms with Crippen LogP contribution in [0.15, 0.2) is 0 Å². The normalized spacial score (nSPS) is 34.4. The maximum Gasteiger partial charge on any atom is 0.264 e. The Labute approximate surface area is 85.7 Å². The van der Waals surface area contributed by atoms with Gasteiger partial charge in [0, 0.05) is 0 Å². The number of hydrogen-bond acceptors (Lipinski definition) is 4. The van der Waals surface area contributed by atoms with Gasteiger partial charge in [-0.25, -0.2) is 0 Å². The molecule has 1 saturated heterocycles. The second-order valence-corrected chi connectivity index (χ2v) is 5.78. The summed E-state index contributed by atoms with van der Waals surface area (Å²) in [6.45, 7) is 4.29. The molecule has 0 radical (unpaired) electrons. The average Bonchev–Trinajstić information content (AvgIpc) is 1.97. The molecule has 0 amide bonds. The lowest BCUT2D eigenvalue weighted by molar-refractivity contribution is -0.0745. The van der Waals surface area contributed by atoms with Crippen LogP contribution in [0.2, 0.25) is 0 Å². The molecule has 0 N–H and O–H groups in total. The zero-order valence-electron chi connectivity index (χ0n) is 8.89. The van der Waals surface area contributed by atoms with E-state index in [-0.39, 0.29) is 18.8 Å². The van der Waals surface area contributed by atoms with Gasteiger partial charge in [0.2, 0.25) is 0 Å². The Bertz CT molecular complexity index is 263. The zero-order chi connectivity index (χ0) is 10.8. The van der Waals surface area contributed by atoms with Crippen LogP contribution >= 0.6 is 0 Å². The Hall–Kier alpha value is -0.130. The van der Waals surface area contributed by atoms with Crippen LogP contribution in [0, 0.1) is 5.92 Å². The third-order valence-electron chi connectivity index (χ3n) is 2.29. The lowest BCUT2D eigenvalue weighted by Gasteiger charge is -2.31. The van der Waals surface area contributed by atoms with Crippen molar-refractivity contribution in [2.75, 3.05) is 12.9 Å². The number of hydrogen-bond donors (Lipinski definition) is 0. The number of ether oxygens (including phenoxy) is 1. The Kier molecular flexibility index (Phi) is 3.92. The van der Waals surface area contributed by atoms with Gasteiger partial charge in [-0.15, -0.1) is 0 Å². The van der Waals surface area contributed by atoms with E-state index >= 15 is 0 Å². The Morgan fingerprint density at radius 3 is 2.50 bits per heavy atom. The van der Waals surface area contributed by atoms with E-state index in [0.29, 0.717) is 5.92 Å². The summed E-state index contributed by atoms with van der Waals surface area (Å²) in [6, 6.07) is 0. The smallest absolute Gasteiger partial charge is 0.264 e. The standard InChI is InChI=1S/C9H18O4S/c1-7-4-8(2)13-9(5-7)6-12-14(3,10)11/h7-9H,4-6H2,1-3H3. The molecule has 1 aliphatic heterocycles. The highest BCUT2D eigenvalue weighted by molar-refractivity contribution is 7.85. The monoisotopic (exact) mass is 222 g/mol. The van der Waals surface area contributed by atoms with Gasteiger partial charge in [0.25, 0.3) is 10.1 Å². The molecule has 0 spiro atoms. The van der Waals surface area contributed by atoms with E-state index in [1.165, 1.54) is 0 Å². The molecule has 0 saturated carbocycles. The van der Waals surface area contributed by atoms with E-state index in [1.807, 2.05) is 6.92 Å². The van der Waals surface area contributed by atoms with Crippen LogP contribution in [-0.2, 0) is 19.0 Å².